The number of ether oxygens (including phenoxy) is 2. The highest BCUT2D eigenvalue weighted by molar-refractivity contribution is 5.40. The summed E-state index contributed by atoms with van der Waals surface area (Å²) in [7, 11) is 0. The molecule has 0 radical (unpaired) electrons. The Hall–Kier alpha value is -1.06. The lowest BCUT2D eigenvalue weighted by Gasteiger charge is -2.28. The van der Waals surface area contributed by atoms with E-state index in [4.69, 9.17) is 15.2 Å². The first-order chi connectivity index (χ1) is 10.1. The first kappa shape index (κ1) is 14.9. The summed E-state index contributed by atoms with van der Waals surface area (Å²) in [5.74, 6) is 1.02. The highest BCUT2D eigenvalue weighted by Crippen LogP contribution is 2.30. The van der Waals surface area contributed by atoms with Crippen LogP contribution in [0.15, 0.2) is 18.2 Å². The van der Waals surface area contributed by atoms with Crippen molar-refractivity contribution >= 4 is 0 Å². The van der Waals surface area contributed by atoms with Crippen molar-refractivity contribution in [1.29, 1.82) is 0 Å². The van der Waals surface area contributed by atoms with Crippen LogP contribution in [0.3, 0.4) is 0 Å². The predicted octanol–water partition coefficient (Wildman–Crippen LogP) is 3.37. The summed E-state index contributed by atoms with van der Waals surface area (Å²) >= 11 is 0. The van der Waals surface area contributed by atoms with Gasteiger partial charge in [0.15, 0.2) is 0 Å². The van der Waals surface area contributed by atoms with Gasteiger partial charge in [0.05, 0.1) is 13.2 Å². The minimum Gasteiger partial charge on any atom is -0.487 e. The molecule has 3 rings (SSSR count). The van der Waals surface area contributed by atoms with Gasteiger partial charge in [-0.1, -0.05) is 43.4 Å². The van der Waals surface area contributed by atoms with E-state index >= 15 is 0 Å². The Balaban J connectivity index is 1.46. The van der Waals surface area contributed by atoms with E-state index in [2.05, 4.69) is 25.1 Å². The average molecular weight is 289 g/mol. The zero-order chi connectivity index (χ0) is 14.7. The van der Waals surface area contributed by atoms with E-state index in [0.29, 0.717) is 13.2 Å². The van der Waals surface area contributed by atoms with Gasteiger partial charge in [-0.3, -0.25) is 0 Å². The Kier molecular flexibility index (Phi) is 4.51. The van der Waals surface area contributed by atoms with Crippen molar-refractivity contribution in [2.45, 2.75) is 63.5 Å². The highest BCUT2D eigenvalue weighted by atomic mass is 16.5. The molecular formula is C18H27NO2. The van der Waals surface area contributed by atoms with Crippen molar-refractivity contribution in [3.63, 3.8) is 0 Å². The van der Waals surface area contributed by atoms with Crippen LogP contribution in [0.5, 0.6) is 5.75 Å². The summed E-state index contributed by atoms with van der Waals surface area (Å²) in [6.45, 7) is 3.43. The summed E-state index contributed by atoms with van der Waals surface area (Å²) < 4.78 is 11.9. The summed E-state index contributed by atoms with van der Waals surface area (Å²) in [4.78, 5) is 0. The Morgan fingerprint density at radius 1 is 1.24 bits per heavy atom. The molecule has 0 aromatic heterocycles. The number of fused-ring (bicyclic) bond motifs is 1. The topological polar surface area (TPSA) is 44.5 Å². The second-order valence-electron chi connectivity index (χ2n) is 6.85. The fourth-order valence-corrected chi connectivity index (χ4v) is 3.51. The standard InChI is InChI=1S/C18H27NO2/c1-14-6-7-17-15(10-14)11-16(21-17)12-20-13-18(19)8-4-2-3-5-9-18/h6-7,10,16H,2-5,8-9,11-13,19H2,1H3. The third-order valence-electron chi connectivity index (χ3n) is 4.75. The van der Waals surface area contributed by atoms with E-state index in [1.54, 1.807) is 0 Å². The lowest BCUT2D eigenvalue weighted by atomic mass is 9.92. The van der Waals surface area contributed by atoms with Gasteiger partial charge >= 0.3 is 0 Å². The third kappa shape index (κ3) is 3.78. The van der Waals surface area contributed by atoms with Gasteiger partial charge in [-0.25, -0.2) is 0 Å². The van der Waals surface area contributed by atoms with E-state index in [1.807, 2.05) is 0 Å². The molecule has 1 aromatic carbocycles. The van der Waals surface area contributed by atoms with Crippen LogP contribution < -0.4 is 10.5 Å². The van der Waals surface area contributed by atoms with Crippen molar-refractivity contribution in [1.82, 2.24) is 0 Å². The number of nitrogens with two attached hydrogens (primary N) is 1. The Morgan fingerprint density at radius 3 is 2.76 bits per heavy atom. The molecule has 2 aliphatic rings. The second-order valence-corrected chi connectivity index (χ2v) is 6.85. The number of rotatable bonds is 4. The SMILES string of the molecule is Cc1ccc2c(c1)CC(COCC1(N)CCCCCC1)O2. The first-order valence-corrected chi connectivity index (χ1v) is 8.27. The fourth-order valence-electron chi connectivity index (χ4n) is 3.51. The van der Waals surface area contributed by atoms with Crippen LogP contribution in [-0.4, -0.2) is 24.9 Å². The van der Waals surface area contributed by atoms with Crippen LogP contribution in [0.2, 0.25) is 0 Å². The van der Waals surface area contributed by atoms with Gasteiger partial charge in [-0.15, -0.1) is 0 Å². The van der Waals surface area contributed by atoms with Crippen molar-refractivity contribution in [3.8, 4) is 5.75 Å². The molecular weight excluding hydrogens is 262 g/mol. The molecule has 1 heterocycles. The van der Waals surface area contributed by atoms with E-state index in [1.165, 1.54) is 36.8 Å². The van der Waals surface area contributed by atoms with Gasteiger partial charge in [0.2, 0.25) is 0 Å². The Bertz CT molecular complexity index is 478. The first-order valence-electron chi connectivity index (χ1n) is 8.27. The molecule has 1 aromatic rings. The molecule has 1 saturated carbocycles. The zero-order valence-electron chi connectivity index (χ0n) is 13.1. The number of hydrogen-bond acceptors (Lipinski definition) is 3. The molecule has 1 fully saturated rings. The predicted molar refractivity (Wildman–Crippen MR) is 84.7 cm³/mol. The van der Waals surface area contributed by atoms with Gasteiger partial charge < -0.3 is 15.2 Å². The number of aryl methyl sites for hydroxylation is 1. The molecule has 21 heavy (non-hydrogen) atoms. The second kappa shape index (κ2) is 6.37. The normalized spacial score (nSPS) is 24.2. The monoisotopic (exact) mass is 289 g/mol. The fraction of sp³-hybridized carbons (Fsp3) is 0.667. The van der Waals surface area contributed by atoms with Gasteiger partial charge in [0, 0.05) is 12.0 Å². The molecule has 0 saturated heterocycles. The van der Waals surface area contributed by atoms with Crippen molar-refractivity contribution in [2.75, 3.05) is 13.2 Å². The highest BCUT2D eigenvalue weighted by Gasteiger charge is 2.28. The quantitative estimate of drug-likeness (QED) is 0.864. The lowest BCUT2D eigenvalue weighted by molar-refractivity contribution is 0.0291. The van der Waals surface area contributed by atoms with Crippen LogP contribution >= 0.6 is 0 Å². The van der Waals surface area contributed by atoms with E-state index < -0.39 is 0 Å². The molecule has 3 heteroatoms. The molecule has 1 atom stereocenters. The summed E-state index contributed by atoms with van der Waals surface area (Å²) in [5, 5.41) is 0. The Labute approximate surface area is 127 Å². The van der Waals surface area contributed by atoms with Crippen LogP contribution in [0.25, 0.3) is 0 Å². The lowest BCUT2D eigenvalue weighted by Crippen LogP contribution is -2.44. The van der Waals surface area contributed by atoms with Crippen LogP contribution in [0.1, 0.15) is 49.7 Å². The summed E-state index contributed by atoms with van der Waals surface area (Å²) in [6, 6.07) is 6.38. The van der Waals surface area contributed by atoms with Gasteiger partial charge in [0.25, 0.3) is 0 Å². The van der Waals surface area contributed by atoms with Crippen LogP contribution in [-0.2, 0) is 11.2 Å². The molecule has 1 aliphatic carbocycles. The molecule has 2 N–H and O–H groups in total. The minimum absolute atomic E-state index is 0.113. The third-order valence-corrected chi connectivity index (χ3v) is 4.75. The van der Waals surface area contributed by atoms with Crippen LogP contribution in [0.4, 0.5) is 0 Å². The Morgan fingerprint density at radius 2 is 2.00 bits per heavy atom. The number of hydrogen-bond donors (Lipinski definition) is 1. The maximum atomic E-state index is 6.48. The minimum atomic E-state index is -0.113. The van der Waals surface area contributed by atoms with Gasteiger partial charge in [-0.05, 0) is 31.4 Å². The van der Waals surface area contributed by atoms with E-state index in [0.717, 1.165) is 25.0 Å². The molecule has 0 amide bonds. The van der Waals surface area contributed by atoms with Gasteiger partial charge in [-0.2, -0.15) is 0 Å². The largest absolute Gasteiger partial charge is 0.487 e. The molecule has 0 spiro atoms. The van der Waals surface area contributed by atoms with E-state index in [9.17, 15) is 0 Å². The molecule has 0 bridgehead atoms. The smallest absolute Gasteiger partial charge is 0.126 e. The molecule has 1 aliphatic heterocycles. The summed E-state index contributed by atoms with van der Waals surface area (Å²) in [6.07, 6.45) is 8.41. The van der Waals surface area contributed by atoms with Crippen molar-refractivity contribution < 1.29 is 9.47 Å². The molecule has 1 unspecified atom stereocenters. The van der Waals surface area contributed by atoms with Crippen molar-refractivity contribution in [3.05, 3.63) is 29.3 Å². The molecule has 116 valence electrons. The zero-order valence-corrected chi connectivity index (χ0v) is 13.1. The summed E-state index contributed by atoms with van der Waals surface area (Å²) in [5.41, 5.74) is 8.97. The van der Waals surface area contributed by atoms with E-state index in [-0.39, 0.29) is 11.6 Å². The van der Waals surface area contributed by atoms with Crippen LogP contribution in [0, 0.1) is 6.92 Å². The van der Waals surface area contributed by atoms with Gasteiger partial charge in [0.1, 0.15) is 11.9 Å². The molecule has 3 nitrogen and oxygen atoms in total. The maximum absolute atomic E-state index is 6.48. The van der Waals surface area contributed by atoms with Crippen molar-refractivity contribution in [2.24, 2.45) is 5.73 Å². The number of benzene rings is 1. The average Bonchev–Trinajstić information content (AvgIpc) is 2.71. The maximum Gasteiger partial charge on any atom is 0.126 e.